The molecule has 0 unspecified atom stereocenters. The molecule has 4 aromatic carbocycles. The number of carbonyl (C=O) groups is 5. The van der Waals surface area contributed by atoms with E-state index in [1.807, 2.05) is 12.1 Å². The van der Waals surface area contributed by atoms with Gasteiger partial charge in [0.15, 0.2) is 11.6 Å². The van der Waals surface area contributed by atoms with E-state index >= 15 is 0 Å². The second-order valence-corrected chi connectivity index (χ2v) is 11.8. The van der Waals surface area contributed by atoms with E-state index in [1.54, 1.807) is 78.9 Å². The first kappa shape index (κ1) is 37.5. The van der Waals surface area contributed by atoms with Crippen molar-refractivity contribution in [3.8, 4) is 11.5 Å². The molecule has 1 aliphatic carbocycles. The van der Waals surface area contributed by atoms with Crippen LogP contribution in [0.5, 0.6) is 11.5 Å². The standard InChI is InChI=1S/C24H26N2O4.C17H15NO3/c1-2-22(27)25-16-19-15-18(23(28)17-9-5-3-6-10-17)13-14-21(19)30-24(29)26-20-11-7-4-8-12-20;1-2-16(20)18-11-14-10-13(8-9-15(14)19)17(21)12-6-4-3-5-7-12/h2-3,5-6,9-10,13-15,20H,1,4,7-8,11-12,16H2,(H,25,27)(H,26,29);2-10,19H,1,11H2,(H,18,20). The third-order valence-electron chi connectivity index (χ3n) is 8.14. The van der Waals surface area contributed by atoms with Crippen molar-refractivity contribution in [2.24, 2.45) is 0 Å². The van der Waals surface area contributed by atoms with E-state index in [2.05, 4.69) is 29.1 Å². The highest BCUT2D eigenvalue weighted by Crippen LogP contribution is 2.24. The highest BCUT2D eigenvalue weighted by molar-refractivity contribution is 6.09. The van der Waals surface area contributed by atoms with Crippen LogP contribution in [0.4, 0.5) is 4.79 Å². The lowest BCUT2D eigenvalue weighted by molar-refractivity contribution is -0.117. The molecule has 10 heteroatoms. The van der Waals surface area contributed by atoms with Gasteiger partial charge in [0.2, 0.25) is 11.8 Å². The van der Waals surface area contributed by atoms with E-state index < -0.39 is 6.09 Å². The van der Waals surface area contributed by atoms with Crippen LogP contribution in [0.15, 0.2) is 122 Å². The first-order valence-corrected chi connectivity index (χ1v) is 16.6. The summed E-state index contributed by atoms with van der Waals surface area (Å²) in [5, 5.41) is 17.9. The molecule has 4 aromatic rings. The smallest absolute Gasteiger partial charge is 0.412 e. The Morgan fingerprint density at radius 1 is 0.647 bits per heavy atom. The second-order valence-electron chi connectivity index (χ2n) is 11.8. The average molecular weight is 688 g/mol. The van der Waals surface area contributed by atoms with E-state index in [4.69, 9.17) is 4.74 Å². The summed E-state index contributed by atoms with van der Waals surface area (Å²) in [5.74, 6) is -0.639. The summed E-state index contributed by atoms with van der Waals surface area (Å²) in [6.07, 6.45) is 7.06. The molecule has 0 radical (unpaired) electrons. The van der Waals surface area contributed by atoms with E-state index in [0.717, 1.165) is 37.8 Å². The van der Waals surface area contributed by atoms with Gasteiger partial charge >= 0.3 is 6.09 Å². The Bertz CT molecular complexity index is 1870. The van der Waals surface area contributed by atoms with Gasteiger partial charge in [0.1, 0.15) is 11.5 Å². The van der Waals surface area contributed by atoms with Gasteiger partial charge in [0, 0.05) is 52.5 Å². The molecule has 1 aliphatic rings. The number of ether oxygens (including phenoxy) is 1. The molecule has 4 N–H and O–H groups in total. The van der Waals surface area contributed by atoms with Crippen molar-refractivity contribution in [2.45, 2.75) is 51.2 Å². The Kier molecular flexibility index (Phi) is 14.0. The summed E-state index contributed by atoms with van der Waals surface area (Å²) in [5.41, 5.74) is 3.05. The molecule has 0 atom stereocenters. The van der Waals surface area contributed by atoms with E-state index in [1.165, 1.54) is 12.5 Å². The number of phenolic OH excluding ortho intramolecular Hbond substituents is 1. The predicted molar refractivity (Wildman–Crippen MR) is 194 cm³/mol. The molecule has 0 aliphatic heterocycles. The van der Waals surface area contributed by atoms with Crippen molar-refractivity contribution in [1.29, 1.82) is 0 Å². The van der Waals surface area contributed by atoms with Crippen LogP contribution in [0, 0.1) is 0 Å². The Morgan fingerprint density at radius 2 is 1.14 bits per heavy atom. The monoisotopic (exact) mass is 687 g/mol. The summed E-state index contributed by atoms with van der Waals surface area (Å²) >= 11 is 0. The first-order chi connectivity index (χ1) is 24.7. The number of rotatable bonds is 12. The molecule has 10 nitrogen and oxygen atoms in total. The zero-order valence-corrected chi connectivity index (χ0v) is 28.2. The molecule has 5 rings (SSSR count). The van der Waals surface area contributed by atoms with Crippen LogP contribution in [-0.2, 0) is 22.7 Å². The van der Waals surface area contributed by atoms with E-state index in [-0.39, 0.29) is 48.3 Å². The highest BCUT2D eigenvalue weighted by Gasteiger charge is 2.19. The number of nitrogens with one attached hydrogen (secondary N) is 3. The minimum atomic E-state index is -0.527. The van der Waals surface area contributed by atoms with Crippen LogP contribution < -0.4 is 20.7 Å². The molecule has 1 saturated carbocycles. The molecule has 51 heavy (non-hydrogen) atoms. The number of amides is 3. The van der Waals surface area contributed by atoms with Crippen LogP contribution in [0.1, 0.15) is 75.1 Å². The molecule has 0 aromatic heterocycles. The van der Waals surface area contributed by atoms with Crippen LogP contribution in [-0.4, -0.2) is 40.6 Å². The highest BCUT2D eigenvalue weighted by atomic mass is 16.6. The lowest BCUT2D eigenvalue weighted by Crippen LogP contribution is -2.38. The minimum absolute atomic E-state index is 0.0315. The maximum absolute atomic E-state index is 12.8. The number of carbonyl (C=O) groups excluding carboxylic acids is 5. The van der Waals surface area contributed by atoms with Gasteiger partial charge in [-0.3, -0.25) is 19.2 Å². The van der Waals surface area contributed by atoms with Gasteiger partial charge in [-0.2, -0.15) is 0 Å². The number of benzene rings is 4. The molecular weight excluding hydrogens is 646 g/mol. The number of aromatic hydroxyl groups is 1. The number of hydrogen-bond donors (Lipinski definition) is 4. The Balaban J connectivity index is 0.000000244. The number of ketones is 2. The van der Waals surface area contributed by atoms with Gasteiger partial charge in [0.05, 0.1) is 0 Å². The molecule has 1 fully saturated rings. The average Bonchev–Trinajstić information content (AvgIpc) is 3.17. The summed E-state index contributed by atoms with van der Waals surface area (Å²) in [6.45, 7) is 7.02. The number of hydrogen-bond acceptors (Lipinski definition) is 7. The number of phenols is 1. The molecule has 0 saturated heterocycles. The van der Waals surface area contributed by atoms with Crippen molar-refractivity contribution in [1.82, 2.24) is 16.0 Å². The van der Waals surface area contributed by atoms with Crippen LogP contribution in [0.3, 0.4) is 0 Å². The molecule has 0 heterocycles. The van der Waals surface area contributed by atoms with Gasteiger partial charge in [-0.05, 0) is 61.4 Å². The maximum Gasteiger partial charge on any atom is 0.412 e. The molecule has 3 amide bonds. The SMILES string of the molecule is C=CC(=O)NCc1cc(C(=O)c2ccccc2)ccc1O.C=CC(=O)NCc1cc(C(=O)c2ccccc2)ccc1OC(=O)NC1CCCCC1. The Labute approximate surface area is 297 Å². The van der Waals surface area contributed by atoms with Crippen molar-refractivity contribution in [3.05, 3.63) is 156 Å². The molecule has 262 valence electrons. The Hall–Kier alpha value is -6.29. The minimum Gasteiger partial charge on any atom is -0.508 e. The van der Waals surface area contributed by atoms with Crippen molar-refractivity contribution < 1.29 is 33.8 Å². The van der Waals surface area contributed by atoms with Crippen LogP contribution >= 0.6 is 0 Å². The Morgan fingerprint density at radius 3 is 1.67 bits per heavy atom. The van der Waals surface area contributed by atoms with Gasteiger partial charge < -0.3 is 25.8 Å². The topological polar surface area (TPSA) is 151 Å². The second kappa shape index (κ2) is 19.0. The normalized spacial score (nSPS) is 12.2. The van der Waals surface area contributed by atoms with E-state index in [9.17, 15) is 29.1 Å². The molecular formula is C41H41N3O7. The third-order valence-corrected chi connectivity index (χ3v) is 8.14. The first-order valence-electron chi connectivity index (χ1n) is 16.6. The van der Waals surface area contributed by atoms with E-state index in [0.29, 0.717) is 39.1 Å². The summed E-state index contributed by atoms with van der Waals surface area (Å²) in [4.78, 5) is 60.2. The van der Waals surface area contributed by atoms with Gasteiger partial charge in [-0.15, -0.1) is 0 Å². The molecule has 0 bridgehead atoms. The molecule has 0 spiro atoms. The van der Waals surface area contributed by atoms with Gasteiger partial charge in [-0.25, -0.2) is 4.79 Å². The third kappa shape index (κ3) is 11.4. The summed E-state index contributed by atoms with van der Waals surface area (Å²) < 4.78 is 5.52. The fourth-order valence-corrected chi connectivity index (χ4v) is 5.39. The predicted octanol–water partition coefficient (Wildman–Crippen LogP) is 6.57. The van der Waals surface area contributed by atoms with Crippen LogP contribution in [0.2, 0.25) is 0 Å². The fourth-order valence-electron chi connectivity index (χ4n) is 5.39. The van der Waals surface area contributed by atoms with Crippen molar-refractivity contribution in [3.63, 3.8) is 0 Å². The summed E-state index contributed by atoms with van der Waals surface area (Å²) in [6, 6.07) is 27.4. The zero-order chi connectivity index (χ0) is 36.6. The fraction of sp³-hybridized carbons (Fsp3) is 0.195. The lowest BCUT2D eigenvalue weighted by atomic mass is 9.96. The largest absolute Gasteiger partial charge is 0.508 e. The lowest BCUT2D eigenvalue weighted by Gasteiger charge is -2.22. The van der Waals surface area contributed by atoms with Crippen molar-refractivity contribution in [2.75, 3.05) is 0 Å². The quantitative estimate of drug-likeness (QED) is 0.0972. The maximum atomic E-state index is 12.8. The zero-order valence-electron chi connectivity index (χ0n) is 28.2. The van der Waals surface area contributed by atoms with Crippen molar-refractivity contribution >= 4 is 29.5 Å². The van der Waals surface area contributed by atoms with Gasteiger partial charge in [0.25, 0.3) is 0 Å². The van der Waals surface area contributed by atoms with Crippen LogP contribution in [0.25, 0.3) is 0 Å². The van der Waals surface area contributed by atoms with Gasteiger partial charge in [-0.1, -0.05) is 93.1 Å². The summed E-state index contributed by atoms with van der Waals surface area (Å²) in [7, 11) is 0.